The number of hydrogen-bond donors (Lipinski definition) is 3. The van der Waals surface area contributed by atoms with Gasteiger partial charge in [-0.05, 0) is 100 Å². The van der Waals surface area contributed by atoms with Gasteiger partial charge in [-0.3, -0.25) is 28.8 Å². The van der Waals surface area contributed by atoms with E-state index in [2.05, 4.69) is 67.0 Å². The second-order valence-corrected chi connectivity index (χ2v) is 17.7. The minimum absolute atomic E-state index is 0.00261. The first-order chi connectivity index (χ1) is 26.6. The molecular weight excluding hydrogens is 715 g/mol. The second-order valence-electron chi connectivity index (χ2n) is 16.7. The first-order valence-electron chi connectivity index (χ1n) is 19.8. The van der Waals surface area contributed by atoms with Crippen molar-refractivity contribution in [2.24, 2.45) is 18.4 Å². The van der Waals surface area contributed by atoms with E-state index in [-0.39, 0.29) is 30.0 Å². The average molecular weight is 762 g/mol. The van der Waals surface area contributed by atoms with Crippen molar-refractivity contribution in [1.82, 2.24) is 29.7 Å². The highest BCUT2D eigenvalue weighted by molar-refractivity contribution is 7.21. The number of aromatic nitrogens is 3. The first-order valence-corrected chi connectivity index (χ1v) is 20.6. The van der Waals surface area contributed by atoms with Crippen LogP contribution in [0.15, 0.2) is 47.3 Å². The number of carbonyl (C=O) groups excluding carboxylic acids is 3. The maximum Gasteiger partial charge on any atom is 0.329 e. The lowest BCUT2D eigenvalue weighted by Crippen LogP contribution is -2.61. The molecule has 4 fully saturated rings. The molecular formula is C41H47N9O4S. The third kappa shape index (κ3) is 5.87. The number of likely N-dealkylation sites (tertiary alicyclic amines) is 1. The van der Waals surface area contributed by atoms with E-state index in [9.17, 15) is 19.2 Å². The zero-order chi connectivity index (χ0) is 37.6. The van der Waals surface area contributed by atoms with Crippen LogP contribution in [0.2, 0.25) is 0 Å². The summed E-state index contributed by atoms with van der Waals surface area (Å²) in [6.45, 7) is 10.2. The lowest BCUT2D eigenvalue weighted by atomic mass is 9.72. The van der Waals surface area contributed by atoms with Crippen LogP contribution in [0.5, 0.6) is 0 Å². The Morgan fingerprint density at radius 1 is 0.909 bits per heavy atom. The lowest BCUT2D eigenvalue weighted by Gasteiger charge is -2.55. The van der Waals surface area contributed by atoms with Crippen LogP contribution in [0.25, 0.3) is 32.0 Å². The predicted octanol–water partition coefficient (Wildman–Crippen LogP) is 4.44. The van der Waals surface area contributed by atoms with Crippen molar-refractivity contribution in [2.45, 2.75) is 57.5 Å². The predicted molar refractivity (Wildman–Crippen MR) is 216 cm³/mol. The van der Waals surface area contributed by atoms with Crippen molar-refractivity contribution in [3.05, 3.63) is 57.8 Å². The highest BCUT2D eigenvalue weighted by atomic mass is 32.1. The van der Waals surface area contributed by atoms with E-state index < -0.39 is 11.9 Å². The summed E-state index contributed by atoms with van der Waals surface area (Å²) >= 11 is 1.55. The molecule has 286 valence electrons. The standard InChI is InChI=1S/C41H47N9O4S/c1-24-20-42-36-35-27-4-9-33(44-28(27)5-8-32(35)55-37(36)39(53)43-24)49-22-41(23-49)13-17-47(18-14-41)21-25-11-15-48(16-12-25)26-3-6-29-31(19-26)46(2)40(54)50(29)30-7-10-34(51)45-38(30)52/h3-6,8-9,19,24-25,30,42H,7,10-18,20-23H2,1-2H3,(H,43,53)(H,45,51,52)/t24-,30?/m1/s1. The molecule has 1 unspecified atom stereocenters. The monoisotopic (exact) mass is 761 g/mol. The number of aryl methyl sites for hydroxylation is 1. The van der Waals surface area contributed by atoms with Gasteiger partial charge in [0, 0.05) is 85.4 Å². The van der Waals surface area contributed by atoms with Gasteiger partial charge in [-0.25, -0.2) is 9.78 Å². The Balaban J connectivity index is 0.737. The van der Waals surface area contributed by atoms with Crippen LogP contribution in [0, 0.1) is 11.3 Å². The Bertz CT molecular complexity index is 2440. The smallest absolute Gasteiger partial charge is 0.329 e. The number of benzene rings is 2. The molecule has 1 spiro atoms. The minimum atomic E-state index is -0.672. The molecule has 5 aromatic rings. The van der Waals surface area contributed by atoms with Gasteiger partial charge in [-0.2, -0.15) is 0 Å². The fourth-order valence-electron chi connectivity index (χ4n) is 9.86. The number of nitrogens with one attached hydrogen (secondary N) is 3. The molecule has 13 nitrogen and oxygen atoms in total. The van der Waals surface area contributed by atoms with Crippen molar-refractivity contribution in [1.29, 1.82) is 0 Å². The summed E-state index contributed by atoms with van der Waals surface area (Å²) in [7, 11) is 1.75. The average Bonchev–Trinajstić information content (AvgIpc) is 3.62. The molecule has 3 amide bonds. The summed E-state index contributed by atoms with van der Waals surface area (Å²) in [5, 5.41) is 11.2. The summed E-state index contributed by atoms with van der Waals surface area (Å²) in [5.74, 6) is 1.02. The summed E-state index contributed by atoms with van der Waals surface area (Å²) in [6, 6.07) is 14.1. The molecule has 3 aromatic heterocycles. The van der Waals surface area contributed by atoms with Gasteiger partial charge in [0.1, 0.15) is 16.7 Å². The fourth-order valence-corrected chi connectivity index (χ4v) is 11.0. The molecule has 0 radical (unpaired) electrons. The van der Waals surface area contributed by atoms with Crippen molar-refractivity contribution in [3.63, 3.8) is 0 Å². The zero-order valence-corrected chi connectivity index (χ0v) is 32.2. The largest absolute Gasteiger partial charge is 0.381 e. The second kappa shape index (κ2) is 13.1. The van der Waals surface area contributed by atoms with E-state index in [1.54, 1.807) is 27.5 Å². The Kier molecular flexibility index (Phi) is 8.21. The third-order valence-electron chi connectivity index (χ3n) is 13.1. The number of fused-ring (bicyclic) bond motifs is 6. The number of hydrogen-bond acceptors (Lipinski definition) is 10. The number of pyridine rings is 1. The van der Waals surface area contributed by atoms with Crippen LogP contribution in [-0.2, 0) is 16.6 Å². The van der Waals surface area contributed by atoms with E-state index in [0.29, 0.717) is 24.3 Å². The van der Waals surface area contributed by atoms with Gasteiger partial charge < -0.3 is 25.3 Å². The molecule has 5 aliphatic rings. The summed E-state index contributed by atoms with van der Waals surface area (Å²) < 4.78 is 4.28. The zero-order valence-electron chi connectivity index (χ0n) is 31.4. The molecule has 0 bridgehead atoms. The maximum atomic E-state index is 13.2. The van der Waals surface area contributed by atoms with E-state index in [4.69, 9.17) is 4.98 Å². The number of nitrogens with zero attached hydrogens (tertiary/aromatic N) is 6. The molecule has 0 aliphatic carbocycles. The topological polar surface area (TPSA) is 137 Å². The first kappa shape index (κ1) is 34.5. The Morgan fingerprint density at radius 3 is 2.49 bits per heavy atom. The SMILES string of the molecule is C[C@@H]1CNc2c(sc3ccc4nc(N5CC6(CCN(CC7CCN(c8ccc9c(c8)n(C)c(=O)n9C8CCC(=O)NC8=O)CC7)CC6)C5)ccc4c23)C(=O)N1. The highest BCUT2D eigenvalue weighted by Gasteiger charge is 2.45. The van der Waals surface area contributed by atoms with Crippen LogP contribution in [0.3, 0.4) is 0 Å². The van der Waals surface area contributed by atoms with E-state index >= 15 is 0 Å². The summed E-state index contributed by atoms with van der Waals surface area (Å²) in [6.07, 6.45) is 5.29. The Labute approximate surface area is 322 Å². The third-order valence-corrected chi connectivity index (χ3v) is 14.2. The summed E-state index contributed by atoms with van der Waals surface area (Å²) in [5.41, 5.74) is 4.69. The fraction of sp³-hybridized carbons (Fsp3) is 0.488. The van der Waals surface area contributed by atoms with Gasteiger partial charge in [0.05, 0.1) is 22.2 Å². The Hall–Kier alpha value is -4.95. The number of amides is 3. The van der Waals surface area contributed by atoms with Crippen molar-refractivity contribution < 1.29 is 14.4 Å². The van der Waals surface area contributed by atoms with Crippen LogP contribution in [0.4, 0.5) is 17.2 Å². The highest BCUT2D eigenvalue weighted by Crippen LogP contribution is 2.45. The number of thiophene rings is 1. The molecule has 10 rings (SSSR count). The molecule has 5 aliphatic heterocycles. The van der Waals surface area contributed by atoms with Crippen LogP contribution in [0.1, 0.15) is 61.2 Å². The molecule has 4 saturated heterocycles. The molecule has 0 saturated carbocycles. The van der Waals surface area contributed by atoms with Crippen LogP contribution >= 0.6 is 11.3 Å². The molecule has 55 heavy (non-hydrogen) atoms. The van der Waals surface area contributed by atoms with Crippen LogP contribution in [-0.4, -0.2) is 95.1 Å². The van der Waals surface area contributed by atoms with Gasteiger partial charge >= 0.3 is 5.69 Å². The van der Waals surface area contributed by atoms with Gasteiger partial charge in [-0.15, -0.1) is 11.3 Å². The number of imidazole rings is 1. The minimum Gasteiger partial charge on any atom is -0.381 e. The summed E-state index contributed by atoms with van der Waals surface area (Å²) in [4.78, 5) is 63.8. The van der Waals surface area contributed by atoms with E-state index in [1.807, 2.05) is 13.0 Å². The van der Waals surface area contributed by atoms with E-state index in [0.717, 1.165) is 113 Å². The molecule has 3 N–H and O–H groups in total. The maximum absolute atomic E-state index is 13.2. The van der Waals surface area contributed by atoms with Crippen LogP contribution < -0.4 is 31.4 Å². The van der Waals surface area contributed by atoms with Crippen molar-refractivity contribution >= 4 is 78.3 Å². The molecule has 14 heteroatoms. The van der Waals surface area contributed by atoms with Crippen molar-refractivity contribution in [2.75, 3.05) is 67.5 Å². The van der Waals surface area contributed by atoms with Crippen molar-refractivity contribution in [3.8, 4) is 0 Å². The lowest BCUT2D eigenvalue weighted by molar-refractivity contribution is -0.135. The van der Waals surface area contributed by atoms with Gasteiger partial charge in [0.25, 0.3) is 5.91 Å². The van der Waals surface area contributed by atoms with E-state index in [1.165, 1.54) is 12.8 Å². The normalized spacial score (nSPS) is 23.5. The van der Waals surface area contributed by atoms with Gasteiger partial charge in [-0.1, -0.05) is 0 Å². The number of piperidine rings is 3. The molecule has 8 heterocycles. The molecule has 2 aromatic carbocycles. The number of imide groups is 1. The molecule has 2 atom stereocenters. The Morgan fingerprint density at radius 2 is 1.71 bits per heavy atom. The number of rotatable bonds is 5. The number of anilines is 3. The quantitative estimate of drug-likeness (QED) is 0.222. The van der Waals surface area contributed by atoms with Gasteiger partial charge in [0.2, 0.25) is 11.8 Å². The van der Waals surface area contributed by atoms with Gasteiger partial charge in [0.15, 0.2) is 0 Å². The number of carbonyl (C=O) groups is 3.